The number of nitrogens with zero attached hydrogens (tertiary/aromatic N) is 1. The van der Waals surface area contributed by atoms with Crippen LogP contribution in [0.15, 0.2) is 53.4 Å². The molecule has 0 saturated carbocycles. The van der Waals surface area contributed by atoms with Crippen molar-refractivity contribution in [3.63, 3.8) is 0 Å². The van der Waals surface area contributed by atoms with Crippen molar-refractivity contribution >= 4 is 21.6 Å². The van der Waals surface area contributed by atoms with Gasteiger partial charge in [0.1, 0.15) is 0 Å². The highest BCUT2D eigenvalue weighted by Gasteiger charge is 2.25. The quantitative estimate of drug-likeness (QED) is 0.824. The Hall–Kier alpha value is -2.38. The van der Waals surface area contributed by atoms with Crippen LogP contribution >= 0.6 is 0 Å². The first-order valence-electron chi connectivity index (χ1n) is 9.02. The van der Waals surface area contributed by atoms with Gasteiger partial charge >= 0.3 is 0 Å². The number of carbonyl (C=O) groups is 1. The minimum atomic E-state index is -3.72. The number of aryl methyl sites for hydroxylation is 1. The van der Waals surface area contributed by atoms with Crippen LogP contribution in [0.4, 0.5) is 5.69 Å². The molecule has 0 unspecified atom stereocenters. The zero-order chi connectivity index (χ0) is 19.6. The fraction of sp³-hybridized carbons (Fsp3) is 0.350. The molecule has 0 fully saturated rings. The molecule has 0 bridgehead atoms. The number of primary sulfonamides is 1. The average molecular weight is 388 g/mol. The van der Waals surface area contributed by atoms with E-state index < -0.39 is 10.0 Å². The van der Waals surface area contributed by atoms with Crippen LogP contribution in [0.2, 0.25) is 0 Å². The Morgan fingerprint density at radius 3 is 2.56 bits per heavy atom. The third-order valence-electron chi connectivity index (χ3n) is 5.06. The maximum atomic E-state index is 12.6. The van der Waals surface area contributed by atoms with Crippen molar-refractivity contribution in [2.75, 3.05) is 11.4 Å². The van der Waals surface area contributed by atoms with Crippen LogP contribution in [0.5, 0.6) is 0 Å². The Morgan fingerprint density at radius 2 is 1.89 bits per heavy atom. The Morgan fingerprint density at radius 1 is 1.22 bits per heavy atom. The van der Waals surface area contributed by atoms with E-state index in [0.29, 0.717) is 6.04 Å². The largest absolute Gasteiger partial charge is 0.359 e. The molecule has 1 aliphatic heterocycles. The van der Waals surface area contributed by atoms with Crippen molar-refractivity contribution in [2.24, 2.45) is 5.14 Å². The fourth-order valence-electron chi connectivity index (χ4n) is 3.47. The zero-order valence-electron chi connectivity index (χ0n) is 15.6. The van der Waals surface area contributed by atoms with Crippen molar-refractivity contribution in [3.8, 4) is 0 Å². The molecule has 3 N–H and O–H groups in total. The Labute approximate surface area is 160 Å². The highest BCUT2D eigenvalue weighted by Crippen LogP contribution is 2.30. The zero-order valence-corrected chi connectivity index (χ0v) is 16.4. The number of para-hydroxylation sites is 1. The van der Waals surface area contributed by atoms with Crippen LogP contribution in [-0.4, -0.2) is 26.9 Å². The van der Waals surface area contributed by atoms with E-state index in [1.807, 2.05) is 19.1 Å². The van der Waals surface area contributed by atoms with E-state index in [2.05, 4.69) is 29.3 Å². The molecule has 0 radical (unpaired) electrons. The lowest BCUT2D eigenvalue weighted by molar-refractivity contribution is -0.120. The van der Waals surface area contributed by atoms with Crippen LogP contribution in [-0.2, 0) is 21.2 Å². The van der Waals surface area contributed by atoms with Gasteiger partial charge in [-0.2, -0.15) is 0 Å². The highest BCUT2D eigenvalue weighted by molar-refractivity contribution is 7.89. The summed E-state index contributed by atoms with van der Waals surface area (Å²) in [5, 5.41) is 8.11. The normalized spacial score (nSPS) is 17.9. The lowest BCUT2D eigenvalue weighted by Gasteiger charge is -2.36. The Balaban J connectivity index is 1.67. The van der Waals surface area contributed by atoms with E-state index in [4.69, 9.17) is 5.14 Å². The Kier molecular flexibility index (Phi) is 5.53. The van der Waals surface area contributed by atoms with E-state index in [-0.39, 0.29) is 23.4 Å². The van der Waals surface area contributed by atoms with E-state index in [1.165, 1.54) is 17.7 Å². The molecule has 7 heteroatoms. The standard InChI is InChI=1S/C20H25N3O3S/c1-14-7-8-17-5-3-4-6-19(17)23(14)13-20(24)22-15(2)16-9-11-18(12-10-16)27(21,25)26/h3-6,9-12,14-15H,7-8,13H2,1-2H3,(H,22,24)(H2,21,25,26)/t14-,15-/m0/s1. The maximum absolute atomic E-state index is 12.6. The monoisotopic (exact) mass is 387 g/mol. The molecule has 1 amide bonds. The first kappa shape index (κ1) is 19.4. The minimum Gasteiger partial charge on any atom is -0.359 e. The summed E-state index contributed by atoms with van der Waals surface area (Å²) in [7, 11) is -3.72. The molecule has 0 spiro atoms. The van der Waals surface area contributed by atoms with Crippen molar-refractivity contribution in [2.45, 2.75) is 43.7 Å². The van der Waals surface area contributed by atoms with E-state index in [0.717, 1.165) is 24.1 Å². The number of benzene rings is 2. The van der Waals surface area contributed by atoms with Crippen LogP contribution in [0, 0.1) is 0 Å². The second-order valence-corrected chi connectivity index (χ2v) is 8.61. The number of rotatable bonds is 5. The molecule has 6 nitrogen and oxygen atoms in total. The first-order chi connectivity index (χ1) is 12.8. The molecule has 0 aliphatic carbocycles. The molecule has 2 aromatic carbocycles. The molecule has 2 atom stereocenters. The van der Waals surface area contributed by atoms with E-state index in [9.17, 15) is 13.2 Å². The van der Waals surface area contributed by atoms with Crippen molar-refractivity contribution in [1.82, 2.24) is 5.32 Å². The van der Waals surface area contributed by atoms with Crippen LogP contribution in [0.3, 0.4) is 0 Å². The number of nitrogens with one attached hydrogen (secondary N) is 1. The van der Waals surface area contributed by atoms with Gasteiger partial charge in [-0.15, -0.1) is 0 Å². The highest BCUT2D eigenvalue weighted by atomic mass is 32.2. The Bertz CT molecular complexity index is 926. The van der Waals surface area contributed by atoms with Gasteiger partial charge < -0.3 is 10.2 Å². The lowest BCUT2D eigenvalue weighted by Crippen LogP contribution is -2.44. The summed E-state index contributed by atoms with van der Waals surface area (Å²) in [5.74, 6) is -0.0680. The van der Waals surface area contributed by atoms with Gasteiger partial charge in [0.25, 0.3) is 0 Å². The summed E-state index contributed by atoms with van der Waals surface area (Å²) in [6, 6.07) is 14.5. The number of sulfonamides is 1. The van der Waals surface area contributed by atoms with E-state index >= 15 is 0 Å². The molecule has 3 rings (SSSR count). The minimum absolute atomic E-state index is 0.0588. The van der Waals surface area contributed by atoms with Gasteiger partial charge in [-0.25, -0.2) is 13.6 Å². The number of amides is 1. The maximum Gasteiger partial charge on any atom is 0.240 e. The van der Waals surface area contributed by atoms with Crippen molar-refractivity contribution in [1.29, 1.82) is 0 Å². The number of fused-ring (bicyclic) bond motifs is 1. The van der Waals surface area contributed by atoms with Crippen molar-refractivity contribution in [3.05, 3.63) is 59.7 Å². The number of hydrogen-bond acceptors (Lipinski definition) is 4. The predicted molar refractivity (Wildman–Crippen MR) is 106 cm³/mol. The smallest absolute Gasteiger partial charge is 0.240 e. The van der Waals surface area contributed by atoms with Gasteiger partial charge in [-0.1, -0.05) is 30.3 Å². The molecule has 2 aromatic rings. The molecule has 1 heterocycles. The predicted octanol–water partition coefficient (Wildman–Crippen LogP) is 2.35. The number of nitrogens with two attached hydrogens (primary N) is 1. The van der Waals surface area contributed by atoms with Crippen LogP contribution < -0.4 is 15.4 Å². The summed E-state index contributed by atoms with van der Waals surface area (Å²) in [5.41, 5.74) is 3.22. The number of anilines is 1. The first-order valence-corrected chi connectivity index (χ1v) is 10.6. The molecular formula is C20H25N3O3S. The summed E-state index contributed by atoms with van der Waals surface area (Å²) in [6.07, 6.45) is 2.05. The second-order valence-electron chi connectivity index (χ2n) is 7.05. The van der Waals surface area contributed by atoms with Gasteiger partial charge in [0, 0.05) is 11.7 Å². The summed E-state index contributed by atoms with van der Waals surface area (Å²) in [6.45, 7) is 4.30. The molecule has 27 heavy (non-hydrogen) atoms. The van der Waals surface area contributed by atoms with Crippen LogP contribution in [0.25, 0.3) is 0 Å². The average Bonchev–Trinajstić information content (AvgIpc) is 2.63. The fourth-order valence-corrected chi connectivity index (χ4v) is 3.99. The number of carbonyl (C=O) groups excluding carboxylic acids is 1. The topological polar surface area (TPSA) is 92.5 Å². The lowest BCUT2D eigenvalue weighted by atomic mass is 9.96. The molecule has 0 aromatic heterocycles. The summed E-state index contributed by atoms with van der Waals surface area (Å²) >= 11 is 0. The van der Waals surface area contributed by atoms with Gasteiger partial charge in [0.05, 0.1) is 17.5 Å². The third kappa shape index (κ3) is 4.48. The van der Waals surface area contributed by atoms with Crippen molar-refractivity contribution < 1.29 is 13.2 Å². The molecule has 1 aliphatic rings. The number of hydrogen-bond donors (Lipinski definition) is 2. The van der Waals surface area contributed by atoms with Gasteiger partial charge in [0.2, 0.25) is 15.9 Å². The van der Waals surface area contributed by atoms with Crippen LogP contribution in [0.1, 0.15) is 37.4 Å². The summed E-state index contributed by atoms with van der Waals surface area (Å²) < 4.78 is 22.7. The second kappa shape index (κ2) is 7.70. The molecule has 0 saturated heterocycles. The van der Waals surface area contributed by atoms with E-state index in [1.54, 1.807) is 12.1 Å². The SMILES string of the molecule is C[C@H](NC(=O)CN1c2ccccc2CC[C@@H]1C)c1ccc(S(N)(=O)=O)cc1. The molecular weight excluding hydrogens is 362 g/mol. The van der Waals surface area contributed by atoms with Gasteiger partial charge in [0.15, 0.2) is 0 Å². The third-order valence-corrected chi connectivity index (χ3v) is 5.99. The molecule has 144 valence electrons. The van der Waals surface area contributed by atoms with Gasteiger partial charge in [-0.3, -0.25) is 4.79 Å². The van der Waals surface area contributed by atoms with Gasteiger partial charge in [-0.05, 0) is 56.0 Å². The summed E-state index contributed by atoms with van der Waals surface area (Å²) in [4.78, 5) is 14.8.